The summed E-state index contributed by atoms with van der Waals surface area (Å²) in [7, 11) is 1.87. The molecule has 0 radical (unpaired) electrons. The van der Waals surface area contributed by atoms with Gasteiger partial charge in [0.2, 0.25) is 0 Å². The first-order chi connectivity index (χ1) is 5.84. The van der Waals surface area contributed by atoms with Crippen LogP contribution in [0.5, 0.6) is 0 Å². The number of hydrogen-bond acceptors (Lipinski definition) is 3. The maximum atomic E-state index is 3.81. The van der Waals surface area contributed by atoms with Crippen molar-refractivity contribution in [3.8, 4) is 11.8 Å². The van der Waals surface area contributed by atoms with Gasteiger partial charge in [-0.15, -0.1) is 11.0 Å². The van der Waals surface area contributed by atoms with E-state index in [-0.39, 0.29) is 0 Å². The van der Waals surface area contributed by atoms with Crippen LogP contribution in [0, 0.1) is 11.8 Å². The molecule has 0 aliphatic rings. The van der Waals surface area contributed by atoms with Gasteiger partial charge in [0.15, 0.2) is 0 Å². The molecule has 4 nitrogen and oxygen atoms in total. The summed E-state index contributed by atoms with van der Waals surface area (Å²) in [6, 6.07) is 0. The lowest BCUT2D eigenvalue weighted by Gasteiger charge is -1.98. The predicted molar refractivity (Wildman–Crippen MR) is 46.2 cm³/mol. The topological polar surface area (TPSA) is 42.7 Å². The molecule has 0 unspecified atom stereocenters. The molecule has 1 heterocycles. The summed E-state index contributed by atoms with van der Waals surface area (Å²) in [6.45, 7) is 3.30. The van der Waals surface area contributed by atoms with Crippen LogP contribution < -0.4 is 5.32 Å². The van der Waals surface area contributed by atoms with E-state index < -0.39 is 0 Å². The molecular weight excluding hydrogens is 152 g/mol. The van der Waals surface area contributed by atoms with Gasteiger partial charge in [0.05, 0.1) is 18.4 Å². The van der Waals surface area contributed by atoms with Crippen molar-refractivity contribution in [2.45, 2.75) is 13.5 Å². The van der Waals surface area contributed by atoms with E-state index in [4.69, 9.17) is 0 Å². The van der Waals surface area contributed by atoms with Crippen LogP contribution in [0.3, 0.4) is 0 Å². The smallest absolute Gasteiger partial charge is 0.0738 e. The summed E-state index contributed by atoms with van der Waals surface area (Å²) in [6.07, 6.45) is 1.74. The third-order valence-electron chi connectivity index (χ3n) is 1.50. The fourth-order valence-corrected chi connectivity index (χ4v) is 0.812. The first kappa shape index (κ1) is 8.75. The number of aromatic nitrogens is 3. The number of nitrogens with one attached hydrogen (secondary N) is 1. The van der Waals surface area contributed by atoms with E-state index in [1.807, 2.05) is 14.0 Å². The molecule has 0 saturated carbocycles. The summed E-state index contributed by atoms with van der Waals surface area (Å²) < 4.78 is 1.74. The second-order valence-electron chi connectivity index (χ2n) is 2.38. The summed E-state index contributed by atoms with van der Waals surface area (Å²) in [4.78, 5) is 0. The Balaban J connectivity index is 2.32. The lowest BCUT2D eigenvalue weighted by Crippen LogP contribution is -2.15. The quantitative estimate of drug-likeness (QED) is 0.502. The number of rotatable bonds is 3. The van der Waals surface area contributed by atoms with Crippen molar-refractivity contribution in [1.29, 1.82) is 0 Å². The molecule has 0 aliphatic heterocycles. The van der Waals surface area contributed by atoms with Gasteiger partial charge < -0.3 is 5.32 Å². The van der Waals surface area contributed by atoms with Gasteiger partial charge >= 0.3 is 0 Å². The molecule has 64 valence electrons. The number of aryl methyl sites for hydroxylation is 1. The maximum Gasteiger partial charge on any atom is 0.0738 e. The van der Waals surface area contributed by atoms with Crippen LogP contribution >= 0.6 is 0 Å². The van der Waals surface area contributed by atoms with Crippen LogP contribution in [0.1, 0.15) is 12.6 Å². The minimum Gasteiger partial charge on any atom is -0.300 e. The van der Waals surface area contributed by atoms with Crippen LogP contribution in [-0.2, 0) is 13.6 Å². The van der Waals surface area contributed by atoms with Crippen molar-refractivity contribution >= 4 is 0 Å². The Hall–Kier alpha value is -1.34. The molecule has 1 aromatic rings. The number of nitrogens with zero attached hydrogens (tertiary/aromatic N) is 3. The highest BCUT2D eigenvalue weighted by atomic mass is 15.4. The minimum absolute atomic E-state index is 0.710. The lowest BCUT2D eigenvalue weighted by atomic mass is 10.4. The first-order valence-corrected chi connectivity index (χ1v) is 3.78. The van der Waals surface area contributed by atoms with Crippen LogP contribution in [-0.4, -0.2) is 21.5 Å². The normalized spacial score (nSPS) is 9.17. The van der Waals surface area contributed by atoms with Crippen LogP contribution in [0.2, 0.25) is 0 Å². The molecular formula is C8H12N4. The molecule has 4 heteroatoms. The monoisotopic (exact) mass is 164 g/mol. The Kier molecular flexibility index (Phi) is 3.30. The Morgan fingerprint density at radius 1 is 1.67 bits per heavy atom. The summed E-state index contributed by atoms with van der Waals surface area (Å²) in [5.74, 6) is 5.73. The fraction of sp³-hybridized carbons (Fsp3) is 0.500. The van der Waals surface area contributed by atoms with Crippen LogP contribution in [0.15, 0.2) is 6.20 Å². The average Bonchev–Trinajstić information content (AvgIpc) is 2.46. The maximum absolute atomic E-state index is 3.81. The molecule has 0 aromatic carbocycles. The predicted octanol–water partition coefficient (Wildman–Crippen LogP) is -0.0720. The molecule has 1 rings (SSSR count). The molecule has 0 atom stereocenters. The SMILES string of the molecule is CC#CCNCc1cnnn1C. The van der Waals surface area contributed by atoms with Crippen molar-refractivity contribution in [3.05, 3.63) is 11.9 Å². The molecule has 1 aromatic heterocycles. The van der Waals surface area contributed by atoms with E-state index in [0.29, 0.717) is 6.54 Å². The summed E-state index contributed by atoms with van der Waals surface area (Å²) in [5.41, 5.74) is 1.06. The summed E-state index contributed by atoms with van der Waals surface area (Å²) in [5, 5.41) is 10.7. The van der Waals surface area contributed by atoms with Gasteiger partial charge in [0.1, 0.15) is 0 Å². The fourth-order valence-electron chi connectivity index (χ4n) is 0.812. The Morgan fingerprint density at radius 2 is 2.50 bits per heavy atom. The lowest BCUT2D eigenvalue weighted by molar-refractivity contribution is 0.642. The third kappa shape index (κ3) is 2.36. The largest absolute Gasteiger partial charge is 0.300 e. The highest BCUT2D eigenvalue weighted by molar-refractivity contribution is 4.99. The van der Waals surface area contributed by atoms with E-state index in [1.165, 1.54) is 0 Å². The van der Waals surface area contributed by atoms with Crippen molar-refractivity contribution in [2.75, 3.05) is 6.54 Å². The van der Waals surface area contributed by atoms with Gasteiger partial charge in [0.25, 0.3) is 0 Å². The van der Waals surface area contributed by atoms with Gasteiger partial charge in [-0.3, -0.25) is 4.68 Å². The molecule has 12 heavy (non-hydrogen) atoms. The molecule has 0 spiro atoms. The Bertz CT molecular complexity index is 291. The van der Waals surface area contributed by atoms with Crippen molar-refractivity contribution in [2.24, 2.45) is 7.05 Å². The van der Waals surface area contributed by atoms with Crippen molar-refractivity contribution in [3.63, 3.8) is 0 Å². The molecule has 0 fully saturated rings. The van der Waals surface area contributed by atoms with Gasteiger partial charge in [-0.1, -0.05) is 11.1 Å². The van der Waals surface area contributed by atoms with E-state index in [0.717, 1.165) is 12.2 Å². The second-order valence-corrected chi connectivity index (χ2v) is 2.38. The van der Waals surface area contributed by atoms with Gasteiger partial charge in [-0.2, -0.15) is 0 Å². The van der Waals surface area contributed by atoms with E-state index >= 15 is 0 Å². The molecule has 1 N–H and O–H groups in total. The van der Waals surface area contributed by atoms with Gasteiger partial charge in [-0.05, 0) is 6.92 Å². The molecule has 0 saturated heterocycles. The highest BCUT2D eigenvalue weighted by Crippen LogP contribution is 1.90. The zero-order valence-electron chi connectivity index (χ0n) is 7.33. The first-order valence-electron chi connectivity index (χ1n) is 3.78. The zero-order valence-corrected chi connectivity index (χ0v) is 7.33. The van der Waals surface area contributed by atoms with E-state index in [9.17, 15) is 0 Å². The molecule has 0 amide bonds. The van der Waals surface area contributed by atoms with Crippen molar-refractivity contribution < 1.29 is 0 Å². The van der Waals surface area contributed by atoms with Crippen molar-refractivity contribution in [1.82, 2.24) is 20.3 Å². The third-order valence-corrected chi connectivity index (χ3v) is 1.50. The Labute approximate surface area is 72.0 Å². The summed E-state index contributed by atoms with van der Waals surface area (Å²) >= 11 is 0. The highest BCUT2D eigenvalue weighted by Gasteiger charge is 1.96. The molecule has 0 aliphatic carbocycles. The zero-order chi connectivity index (χ0) is 8.81. The minimum atomic E-state index is 0.710. The number of hydrogen-bond donors (Lipinski definition) is 1. The standard InChI is InChI=1S/C8H12N4/c1-3-4-5-9-6-8-7-10-11-12(8)2/h7,9H,5-6H2,1-2H3. The van der Waals surface area contributed by atoms with E-state index in [2.05, 4.69) is 27.5 Å². The van der Waals surface area contributed by atoms with Crippen LogP contribution in [0.25, 0.3) is 0 Å². The molecule has 0 bridgehead atoms. The van der Waals surface area contributed by atoms with Gasteiger partial charge in [-0.25, -0.2) is 0 Å². The van der Waals surface area contributed by atoms with Crippen LogP contribution in [0.4, 0.5) is 0 Å². The average molecular weight is 164 g/mol. The van der Waals surface area contributed by atoms with Gasteiger partial charge in [0, 0.05) is 13.6 Å². The Morgan fingerprint density at radius 3 is 3.08 bits per heavy atom. The van der Waals surface area contributed by atoms with E-state index in [1.54, 1.807) is 10.9 Å². The second kappa shape index (κ2) is 4.52.